The van der Waals surface area contributed by atoms with E-state index in [-0.39, 0.29) is 10.8 Å². The standard InChI is InChI=1S/C49H39N/c1-47(2)37-21-10-8-19-34(37)35-30-29-33(31-44(35)47)50(32-17-6-5-7-18-32)45-28-16-27-43-46(45)36-20-9-11-22-38(36)49(43)41-25-14-12-23-39(41)48(3,4)40-24-13-15-26-42(40)49/h5-31H,1-4H3. The van der Waals surface area contributed by atoms with Crippen LogP contribution in [0.4, 0.5) is 17.1 Å². The first-order valence-corrected chi connectivity index (χ1v) is 17.9. The van der Waals surface area contributed by atoms with Gasteiger partial charge < -0.3 is 4.90 Å². The minimum atomic E-state index is -0.436. The second-order valence-corrected chi connectivity index (χ2v) is 15.3. The predicted octanol–water partition coefficient (Wildman–Crippen LogP) is 12.5. The molecule has 240 valence electrons. The van der Waals surface area contributed by atoms with E-state index in [0.29, 0.717) is 0 Å². The summed E-state index contributed by atoms with van der Waals surface area (Å²) >= 11 is 0. The molecular formula is C49H39N. The summed E-state index contributed by atoms with van der Waals surface area (Å²) in [5, 5.41) is 0. The minimum absolute atomic E-state index is 0.0953. The van der Waals surface area contributed by atoms with Crippen molar-refractivity contribution in [3.63, 3.8) is 0 Å². The van der Waals surface area contributed by atoms with Gasteiger partial charge in [-0.05, 0) is 91.5 Å². The van der Waals surface area contributed by atoms with Gasteiger partial charge in [0.1, 0.15) is 0 Å². The summed E-state index contributed by atoms with van der Waals surface area (Å²) in [6, 6.07) is 61.5. The number of fused-ring (bicyclic) bond motifs is 12. The maximum atomic E-state index is 2.50. The Bertz CT molecular complexity index is 2450. The van der Waals surface area contributed by atoms with Crippen molar-refractivity contribution in [2.24, 2.45) is 0 Å². The molecule has 0 saturated heterocycles. The van der Waals surface area contributed by atoms with Crippen LogP contribution in [0.25, 0.3) is 22.3 Å². The molecule has 10 rings (SSSR count). The molecule has 0 saturated carbocycles. The molecular weight excluding hydrogens is 603 g/mol. The molecule has 3 aliphatic carbocycles. The SMILES string of the molecule is CC1(C)c2ccccc2-c2ccc(N(c3ccccc3)c3cccc4c3-c3ccccc3C43c4ccccc4C(C)(C)c4ccccc43)cc21. The number of anilines is 3. The first-order valence-electron chi connectivity index (χ1n) is 17.9. The third kappa shape index (κ3) is 3.62. The van der Waals surface area contributed by atoms with Gasteiger partial charge in [-0.2, -0.15) is 0 Å². The van der Waals surface area contributed by atoms with Crippen LogP contribution in [-0.2, 0) is 16.2 Å². The number of para-hydroxylation sites is 1. The lowest BCUT2D eigenvalue weighted by Gasteiger charge is -2.46. The summed E-state index contributed by atoms with van der Waals surface area (Å²) in [6.07, 6.45) is 0. The van der Waals surface area contributed by atoms with Crippen molar-refractivity contribution in [2.45, 2.75) is 43.9 Å². The van der Waals surface area contributed by atoms with E-state index >= 15 is 0 Å². The lowest BCUT2D eigenvalue weighted by atomic mass is 9.55. The van der Waals surface area contributed by atoms with Gasteiger partial charge in [-0.25, -0.2) is 0 Å². The van der Waals surface area contributed by atoms with Gasteiger partial charge in [0.15, 0.2) is 0 Å². The zero-order chi connectivity index (χ0) is 33.8. The molecule has 0 atom stereocenters. The maximum absolute atomic E-state index is 2.50. The lowest BCUT2D eigenvalue weighted by molar-refractivity contribution is 0.563. The second kappa shape index (κ2) is 10.2. The molecule has 0 unspecified atom stereocenters. The molecule has 7 aromatic rings. The quantitative estimate of drug-likeness (QED) is 0.186. The largest absolute Gasteiger partial charge is 0.310 e. The molecule has 7 aromatic carbocycles. The van der Waals surface area contributed by atoms with Crippen molar-refractivity contribution in [2.75, 3.05) is 4.90 Å². The van der Waals surface area contributed by atoms with Crippen LogP contribution in [0.3, 0.4) is 0 Å². The van der Waals surface area contributed by atoms with Gasteiger partial charge in [-0.3, -0.25) is 0 Å². The van der Waals surface area contributed by atoms with Crippen LogP contribution < -0.4 is 4.90 Å². The average Bonchev–Trinajstić information content (AvgIpc) is 3.58. The zero-order valence-electron chi connectivity index (χ0n) is 29.0. The fourth-order valence-corrected chi connectivity index (χ4v) is 9.91. The summed E-state index contributed by atoms with van der Waals surface area (Å²) in [7, 11) is 0. The Balaban J connectivity index is 1.28. The molecule has 1 heteroatoms. The highest BCUT2D eigenvalue weighted by atomic mass is 15.1. The highest BCUT2D eigenvalue weighted by Crippen LogP contribution is 2.64. The van der Waals surface area contributed by atoms with Crippen LogP contribution in [0.1, 0.15) is 72.2 Å². The molecule has 1 nitrogen and oxygen atoms in total. The topological polar surface area (TPSA) is 3.24 Å². The summed E-state index contributed by atoms with van der Waals surface area (Å²) in [6.45, 7) is 9.52. The van der Waals surface area contributed by atoms with Gasteiger partial charge in [0, 0.05) is 27.8 Å². The summed E-state index contributed by atoms with van der Waals surface area (Å²) in [5.41, 5.74) is 19.2. The van der Waals surface area contributed by atoms with Gasteiger partial charge in [0.2, 0.25) is 0 Å². The molecule has 0 N–H and O–H groups in total. The molecule has 50 heavy (non-hydrogen) atoms. The fraction of sp³-hybridized carbons (Fsp3) is 0.143. The Morgan fingerprint density at radius 2 is 0.840 bits per heavy atom. The Hall–Kier alpha value is -5.66. The van der Waals surface area contributed by atoms with E-state index in [1.54, 1.807) is 0 Å². The third-order valence-electron chi connectivity index (χ3n) is 12.1. The number of rotatable bonds is 3. The first-order chi connectivity index (χ1) is 24.3. The van der Waals surface area contributed by atoms with Crippen LogP contribution in [0.15, 0.2) is 164 Å². The summed E-state index contributed by atoms with van der Waals surface area (Å²) in [4.78, 5) is 2.50. The van der Waals surface area contributed by atoms with E-state index in [1.807, 2.05) is 0 Å². The smallest absolute Gasteiger partial charge is 0.0720 e. The Labute approximate surface area is 295 Å². The van der Waals surface area contributed by atoms with Crippen molar-refractivity contribution in [1.29, 1.82) is 0 Å². The normalized spacial score (nSPS) is 16.1. The molecule has 0 bridgehead atoms. The second-order valence-electron chi connectivity index (χ2n) is 15.3. The van der Waals surface area contributed by atoms with Gasteiger partial charge >= 0.3 is 0 Å². The van der Waals surface area contributed by atoms with Crippen molar-refractivity contribution in [3.8, 4) is 22.3 Å². The maximum Gasteiger partial charge on any atom is 0.0720 e. The van der Waals surface area contributed by atoms with Crippen LogP contribution in [0.5, 0.6) is 0 Å². The van der Waals surface area contributed by atoms with Gasteiger partial charge in [-0.1, -0.05) is 161 Å². The molecule has 0 radical (unpaired) electrons. The van der Waals surface area contributed by atoms with Crippen molar-refractivity contribution in [3.05, 3.63) is 208 Å². The third-order valence-corrected chi connectivity index (χ3v) is 12.1. The number of benzene rings is 7. The van der Waals surface area contributed by atoms with Gasteiger partial charge in [0.05, 0.1) is 11.1 Å². The summed E-state index contributed by atoms with van der Waals surface area (Å²) < 4.78 is 0. The van der Waals surface area contributed by atoms with Crippen LogP contribution in [0, 0.1) is 0 Å². The number of nitrogens with zero attached hydrogens (tertiary/aromatic N) is 1. The van der Waals surface area contributed by atoms with Gasteiger partial charge in [-0.15, -0.1) is 0 Å². The van der Waals surface area contributed by atoms with Crippen LogP contribution >= 0.6 is 0 Å². The molecule has 1 spiro atoms. The molecule has 3 aliphatic rings. The van der Waals surface area contributed by atoms with E-state index in [0.717, 1.165) is 5.69 Å². The zero-order valence-corrected chi connectivity index (χ0v) is 29.0. The van der Waals surface area contributed by atoms with E-state index in [2.05, 4.69) is 196 Å². The monoisotopic (exact) mass is 641 g/mol. The molecule has 0 aliphatic heterocycles. The molecule has 0 heterocycles. The molecule has 0 fully saturated rings. The van der Waals surface area contributed by atoms with E-state index < -0.39 is 5.41 Å². The van der Waals surface area contributed by atoms with Crippen LogP contribution in [0.2, 0.25) is 0 Å². The van der Waals surface area contributed by atoms with E-state index in [9.17, 15) is 0 Å². The van der Waals surface area contributed by atoms with Crippen molar-refractivity contribution >= 4 is 17.1 Å². The van der Waals surface area contributed by atoms with E-state index in [4.69, 9.17) is 0 Å². The van der Waals surface area contributed by atoms with Gasteiger partial charge in [0.25, 0.3) is 0 Å². The predicted molar refractivity (Wildman–Crippen MR) is 208 cm³/mol. The number of hydrogen-bond donors (Lipinski definition) is 0. The molecule has 0 aromatic heterocycles. The highest BCUT2D eigenvalue weighted by molar-refractivity contribution is 5.98. The molecule has 0 amide bonds. The Morgan fingerprint density at radius 3 is 1.52 bits per heavy atom. The number of hydrogen-bond acceptors (Lipinski definition) is 1. The van der Waals surface area contributed by atoms with E-state index in [1.165, 1.54) is 78.1 Å². The summed E-state index contributed by atoms with van der Waals surface area (Å²) in [5.74, 6) is 0. The van der Waals surface area contributed by atoms with Crippen molar-refractivity contribution in [1.82, 2.24) is 0 Å². The van der Waals surface area contributed by atoms with Crippen LogP contribution in [-0.4, -0.2) is 0 Å². The highest BCUT2D eigenvalue weighted by Gasteiger charge is 2.54. The Kier molecular flexibility index (Phi) is 5.96. The van der Waals surface area contributed by atoms with Crippen molar-refractivity contribution < 1.29 is 0 Å². The minimum Gasteiger partial charge on any atom is -0.310 e. The first kappa shape index (κ1) is 29.3. The Morgan fingerprint density at radius 1 is 0.340 bits per heavy atom. The lowest BCUT2D eigenvalue weighted by Crippen LogP contribution is -2.40. The average molecular weight is 642 g/mol. The fourth-order valence-electron chi connectivity index (χ4n) is 9.91.